The third-order valence-corrected chi connectivity index (χ3v) is 6.56. The summed E-state index contributed by atoms with van der Waals surface area (Å²) in [4.78, 5) is 21.4. The highest BCUT2D eigenvalue weighted by Crippen LogP contribution is 2.29. The highest BCUT2D eigenvalue weighted by molar-refractivity contribution is 6.42. The van der Waals surface area contributed by atoms with E-state index >= 15 is 0 Å². The normalized spacial score (nSPS) is 11.0. The minimum absolute atomic E-state index is 0.118. The average molecular weight is 501 g/mol. The highest BCUT2D eigenvalue weighted by atomic mass is 35.5. The van der Waals surface area contributed by atoms with Crippen LogP contribution in [0.4, 0.5) is 0 Å². The molecule has 2 aromatic heterocycles. The lowest BCUT2D eigenvalue weighted by Crippen LogP contribution is -2.22. The van der Waals surface area contributed by atoms with Gasteiger partial charge in [0.05, 0.1) is 21.1 Å². The van der Waals surface area contributed by atoms with E-state index in [0.717, 1.165) is 28.0 Å². The zero-order chi connectivity index (χ0) is 24.2. The fourth-order valence-electron chi connectivity index (χ4n) is 3.99. The fraction of sp³-hybridized carbons (Fsp3) is 0.107. The minimum atomic E-state index is -0.118. The van der Waals surface area contributed by atoms with Crippen LogP contribution in [0.2, 0.25) is 10.0 Å². The van der Waals surface area contributed by atoms with Gasteiger partial charge in [0.1, 0.15) is 5.82 Å². The van der Waals surface area contributed by atoms with Crippen molar-refractivity contribution in [2.75, 3.05) is 0 Å². The van der Waals surface area contributed by atoms with Crippen molar-refractivity contribution in [3.63, 3.8) is 0 Å². The van der Waals surface area contributed by atoms with Crippen molar-refractivity contribution in [3.05, 3.63) is 129 Å². The van der Waals surface area contributed by atoms with Crippen LogP contribution in [0.3, 0.4) is 0 Å². The Hall–Kier alpha value is -3.67. The van der Waals surface area contributed by atoms with Gasteiger partial charge in [-0.3, -0.25) is 9.78 Å². The standard InChI is InChI=1S/C28H22Cl2N4O/c29-23-15-25-26(16-24(23)30)34(27(33-25)14-19-4-2-1-3-5-19)18-21-6-8-22(9-7-21)28(35)32-17-20-10-12-31-13-11-20/h1-13,15-16H,14,17-18H2,(H,32,35). The molecule has 3 aromatic carbocycles. The largest absolute Gasteiger partial charge is 0.348 e. The van der Waals surface area contributed by atoms with E-state index in [-0.39, 0.29) is 5.91 Å². The minimum Gasteiger partial charge on any atom is -0.348 e. The molecule has 0 saturated carbocycles. The predicted octanol–water partition coefficient (Wildman–Crippen LogP) is 6.31. The van der Waals surface area contributed by atoms with Crippen LogP contribution < -0.4 is 5.32 Å². The predicted molar refractivity (Wildman–Crippen MR) is 140 cm³/mol. The van der Waals surface area contributed by atoms with Crippen molar-refractivity contribution in [2.45, 2.75) is 19.5 Å². The number of imidazole rings is 1. The molecule has 1 N–H and O–H groups in total. The summed E-state index contributed by atoms with van der Waals surface area (Å²) in [6, 6.07) is 25.3. The lowest BCUT2D eigenvalue weighted by atomic mass is 10.1. The Morgan fingerprint density at radius 3 is 2.29 bits per heavy atom. The molecule has 7 heteroatoms. The van der Waals surface area contributed by atoms with Gasteiger partial charge >= 0.3 is 0 Å². The molecule has 0 unspecified atom stereocenters. The number of pyridine rings is 1. The van der Waals surface area contributed by atoms with Gasteiger partial charge in [0.2, 0.25) is 0 Å². The molecule has 0 saturated heterocycles. The maximum atomic E-state index is 12.6. The highest BCUT2D eigenvalue weighted by Gasteiger charge is 2.15. The number of benzene rings is 3. The first-order chi connectivity index (χ1) is 17.1. The number of rotatable bonds is 7. The van der Waals surface area contributed by atoms with Gasteiger partial charge in [-0.05, 0) is 53.1 Å². The Morgan fingerprint density at radius 2 is 1.54 bits per heavy atom. The van der Waals surface area contributed by atoms with Crippen LogP contribution in [-0.2, 0) is 19.5 Å². The van der Waals surface area contributed by atoms with E-state index in [0.29, 0.717) is 35.1 Å². The van der Waals surface area contributed by atoms with Gasteiger partial charge in [0.25, 0.3) is 5.91 Å². The number of carbonyl (C=O) groups excluding carboxylic acids is 1. The van der Waals surface area contributed by atoms with Crippen molar-refractivity contribution in [3.8, 4) is 0 Å². The van der Waals surface area contributed by atoms with Gasteiger partial charge < -0.3 is 9.88 Å². The number of nitrogens with one attached hydrogen (secondary N) is 1. The zero-order valence-corrected chi connectivity index (χ0v) is 20.3. The van der Waals surface area contributed by atoms with Crippen molar-refractivity contribution in [1.29, 1.82) is 0 Å². The second-order valence-corrected chi connectivity index (χ2v) is 9.08. The Morgan fingerprint density at radius 1 is 0.829 bits per heavy atom. The summed E-state index contributed by atoms with van der Waals surface area (Å²) in [7, 11) is 0. The SMILES string of the molecule is O=C(NCc1ccncc1)c1ccc(Cn2c(Cc3ccccc3)nc3cc(Cl)c(Cl)cc32)cc1. The molecule has 1 amide bonds. The van der Waals surface area contributed by atoms with E-state index in [9.17, 15) is 4.79 Å². The first-order valence-corrected chi connectivity index (χ1v) is 12.0. The molecule has 0 fully saturated rings. The number of nitrogens with zero attached hydrogens (tertiary/aromatic N) is 3. The van der Waals surface area contributed by atoms with Crippen molar-refractivity contribution in [1.82, 2.24) is 19.9 Å². The van der Waals surface area contributed by atoms with Crippen molar-refractivity contribution < 1.29 is 4.79 Å². The van der Waals surface area contributed by atoms with Crippen LogP contribution in [0.25, 0.3) is 11.0 Å². The van der Waals surface area contributed by atoms with Crippen LogP contribution in [0.1, 0.15) is 32.9 Å². The molecule has 0 aliphatic rings. The lowest BCUT2D eigenvalue weighted by Gasteiger charge is -2.11. The van der Waals surface area contributed by atoms with Gasteiger partial charge in [0, 0.05) is 37.5 Å². The quantitative estimate of drug-likeness (QED) is 0.285. The van der Waals surface area contributed by atoms with Crippen LogP contribution in [-0.4, -0.2) is 20.4 Å². The zero-order valence-electron chi connectivity index (χ0n) is 18.8. The first kappa shape index (κ1) is 23.1. The molecule has 35 heavy (non-hydrogen) atoms. The summed E-state index contributed by atoms with van der Waals surface area (Å²) in [6.07, 6.45) is 4.10. The van der Waals surface area contributed by atoms with Gasteiger partial charge in [-0.1, -0.05) is 65.7 Å². The number of fused-ring (bicyclic) bond motifs is 1. The number of aromatic nitrogens is 3. The van der Waals surface area contributed by atoms with E-state index in [1.165, 1.54) is 5.56 Å². The van der Waals surface area contributed by atoms with Crippen LogP contribution in [0, 0.1) is 0 Å². The number of carbonyl (C=O) groups is 1. The van der Waals surface area contributed by atoms with Gasteiger partial charge in [-0.15, -0.1) is 0 Å². The van der Waals surface area contributed by atoms with Gasteiger partial charge in [0.15, 0.2) is 0 Å². The second-order valence-electron chi connectivity index (χ2n) is 8.27. The summed E-state index contributed by atoms with van der Waals surface area (Å²) in [5.74, 6) is 0.802. The summed E-state index contributed by atoms with van der Waals surface area (Å²) in [5, 5.41) is 3.92. The molecule has 0 atom stereocenters. The van der Waals surface area contributed by atoms with E-state index in [1.807, 2.05) is 60.7 Å². The molecular formula is C28H22Cl2N4O. The molecule has 0 spiro atoms. The summed E-state index contributed by atoms with van der Waals surface area (Å²) >= 11 is 12.6. The van der Waals surface area contributed by atoms with E-state index in [4.69, 9.17) is 28.2 Å². The maximum absolute atomic E-state index is 12.6. The molecule has 174 valence electrons. The molecule has 2 heterocycles. The lowest BCUT2D eigenvalue weighted by molar-refractivity contribution is 0.0951. The maximum Gasteiger partial charge on any atom is 0.251 e. The Balaban J connectivity index is 1.38. The number of hydrogen-bond donors (Lipinski definition) is 1. The number of hydrogen-bond acceptors (Lipinski definition) is 3. The topological polar surface area (TPSA) is 59.8 Å². The number of halogens is 2. The van der Waals surface area contributed by atoms with Crippen molar-refractivity contribution >= 4 is 40.1 Å². The fourth-order valence-corrected chi connectivity index (χ4v) is 4.30. The summed E-state index contributed by atoms with van der Waals surface area (Å²) < 4.78 is 2.16. The molecule has 0 radical (unpaired) electrons. The first-order valence-electron chi connectivity index (χ1n) is 11.2. The second kappa shape index (κ2) is 10.3. The molecule has 5 rings (SSSR count). The average Bonchev–Trinajstić information content (AvgIpc) is 3.19. The Bertz CT molecular complexity index is 1470. The third-order valence-electron chi connectivity index (χ3n) is 5.83. The molecule has 0 aliphatic heterocycles. The van der Waals surface area contributed by atoms with E-state index in [2.05, 4.69) is 27.0 Å². The Kier molecular flexibility index (Phi) is 6.80. The molecule has 5 aromatic rings. The molecule has 5 nitrogen and oxygen atoms in total. The number of amides is 1. The molecule has 0 bridgehead atoms. The van der Waals surface area contributed by atoms with Gasteiger partial charge in [-0.2, -0.15) is 0 Å². The summed E-state index contributed by atoms with van der Waals surface area (Å²) in [5.41, 5.74) is 5.55. The van der Waals surface area contributed by atoms with Gasteiger partial charge in [-0.25, -0.2) is 4.98 Å². The molecular weight excluding hydrogens is 479 g/mol. The van der Waals surface area contributed by atoms with E-state index < -0.39 is 0 Å². The third kappa shape index (κ3) is 5.37. The van der Waals surface area contributed by atoms with Crippen LogP contribution >= 0.6 is 23.2 Å². The van der Waals surface area contributed by atoms with Crippen LogP contribution in [0.15, 0.2) is 91.3 Å². The molecule has 0 aliphatic carbocycles. The van der Waals surface area contributed by atoms with Crippen LogP contribution in [0.5, 0.6) is 0 Å². The monoisotopic (exact) mass is 500 g/mol. The van der Waals surface area contributed by atoms with Crippen molar-refractivity contribution in [2.24, 2.45) is 0 Å². The van der Waals surface area contributed by atoms with E-state index in [1.54, 1.807) is 18.5 Å². The summed E-state index contributed by atoms with van der Waals surface area (Å²) in [6.45, 7) is 1.05. The Labute approximate surface area is 213 Å². The smallest absolute Gasteiger partial charge is 0.251 e.